The highest BCUT2D eigenvalue weighted by atomic mass is 16.4. The molecule has 1 aromatic carbocycles. The quantitative estimate of drug-likeness (QED) is 0.774. The summed E-state index contributed by atoms with van der Waals surface area (Å²) in [4.78, 5) is 22.6. The van der Waals surface area contributed by atoms with Crippen LogP contribution < -0.4 is 10.6 Å². The molecule has 1 rings (SSSR count). The van der Waals surface area contributed by atoms with E-state index in [0.29, 0.717) is 24.1 Å². The molecule has 0 saturated heterocycles. The van der Waals surface area contributed by atoms with Crippen LogP contribution in [0.25, 0.3) is 0 Å². The SMILES string of the molecule is Cc1cc(C(=O)O)ccc1NC(=O)NCC(C)C(C)C. The maximum absolute atomic E-state index is 11.8. The minimum Gasteiger partial charge on any atom is -0.478 e. The highest BCUT2D eigenvalue weighted by molar-refractivity contribution is 5.92. The summed E-state index contributed by atoms with van der Waals surface area (Å²) in [7, 11) is 0. The van der Waals surface area contributed by atoms with Crippen molar-refractivity contribution in [3.63, 3.8) is 0 Å². The van der Waals surface area contributed by atoms with Gasteiger partial charge >= 0.3 is 12.0 Å². The van der Waals surface area contributed by atoms with Gasteiger partial charge in [-0.15, -0.1) is 0 Å². The second kappa shape index (κ2) is 6.93. The van der Waals surface area contributed by atoms with E-state index in [9.17, 15) is 9.59 Å². The molecular formula is C15H22N2O3. The van der Waals surface area contributed by atoms with E-state index in [2.05, 4.69) is 31.4 Å². The molecule has 1 atom stereocenters. The maximum atomic E-state index is 11.8. The summed E-state index contributed by atoms with van der Waals surface area (Å²) in [5.41, 5.74) is 1.54. The molecule has 1 aromatic rings. The lowest BCUT2D eigenvalue weighted by Gasteiger charge is -2.17. The fraction of sp³-hybridized carbons (Fsp3) is 0.467. The van der Waals surface area contributed by atoms with E-state index in [1.54, 1.807) is 13.0 Å². The van der Waals surface area contributed by atoms with Crippen LogP contribution in [0.3, 0.4) is 0 Å². The molecule has 110 valence electrons. The van der Waals surface area contributed by atoms with Crippen LogP contribution in [0, 0.1) is 18.8 Å². The Hall–Kier alpha value is -2.04. The fourth-order valence-electron chi connectivity index (χ4n) is 1.59. The number of amides is 2. The summed E-state index contributed by atoms with van der Waals surface area (Å²) in [5.74, 6) is -0.0713. The third-order valence-electron chi connectivity index (χ3n) is 3.44. The molecule has 0 aliphatic rings. The topological polar surface area (TPSA) is 78.4 Å². The number of rotatable bonds is 5. The zero-order chi connectivity index (χ0) is 15.3. The summed E-state index contributed by atoms with van der Waals surface area (Å²) < 4.78 is 0. The predicted octanol–water partition coefficient (Wildman–Crippen LogP) is 3.11. The lowest BCUT2D eigenvalue weighted by Crippen LogP contribution is -2.33. The first kappa shape index (κ1) is 16.0. The van der Waals surface area contributed by atoms with Crippen molar-refractivity contribution >= 4 is 17.7 Å². The number of carbonyl (C=O) groups excluding carboxylic acids is 1. The molecule has 3 N–H and O–H groups in total. The molecule has 0 spiro atoms. The highest BCUT2D eigenvalue weighted by Crippen LogP contribution is 2.16. The first-order valence-electron chi connectivity index (χ1n) is 6.70. The van der Waals surface area contributed by atoms with Gasteiger partial charge in [0.2, 0.25) is 0 Å². The lowest BCUT2D eigenvalue weighted by molar-refractivity contribution is 0.0697. The average Bonchev–Trinajstić information content (AvgIpc) is 2.37. The van der Waals surface area contributed by atoms with Crippen molar-refractivity contribution in [3.05, 3.63) is 29.3 Å². The Labute approximate surface area is 119 Å². The van der Waals surface area contributed by atoms with Gasteiger partial charge in [-0.1, -0.05) is 20.8 Å². The Morgan fingerprint density at radius 1 is 1.25 bits per heavy atom. The van der Waals surface area contributed by atoms with Crippen molar-refractivity contribution < 1.29 is 14.7 Å². The van der Waals surface area contributed by atoms with Crippen molar-refractivity contribution in [3.8, 4) is 0 Å². The Balaban J connectivity index is 2.60. The smallest absolute Gasteiger partial charge is 0.335 e. The lowest BCUT2D eigenvalue weighted by atomic mass is 9.98. The molecule has 20 heavy (non-hydrogen) atoms. The van der Waals surface area contributed by atoms with Gasteiger partial charge in [0, 0.05) is 12.2 Å². The van der Waals surface area contributed by atoms with Crippen molar-refractivity contribution in [2.75, 3.05) is 11.9 Å². The number of hydrogen-bond donors (Lipinski definition) is 3. The molecule has 1 unspecified atom stereocenters. The summed E-state index contributed by atoms with van der Waals surface area (Å²) in [6.45, 7) is 8.67. The van der Waals surface area contributed by atoms with E-state index in [1.807, 2.05) is 0 Å². The summed E-state index contributed by atoms with van der Waals surface area (Å²) in [6.07, 6.45) is 0. The monoisotopic (exact) mass is 278 g/mol. The van der Waals surface area contributed by atoms with E-state index in [1.165, 1.54) is 12.1 Å². The van der Waals surface area contributed by atoms with Gasteiger partial charge in [-0.2, -0.15) is 0 Å². The highest BCUT2D eigenvalue weighted by Gasteiger charge is 2.11. The maximum Gasteiger partial charge on any atom is 0.335 e. The molecule has 0 heterocycles. The van der Waals surface area contributed by atoms with Crippen LogP contribution >= 0.6 is 0 Å². The van der Waals surface area contributed by atoms with Gasteiger partial charge in [-0.05, 0) is 42.5 Å². The molecule has 2 amide bonds. The van der Waals surface area contributed by atoms with E-state index in [-0.39, 0.29) is 11.6 Å². The van der Waals surface area contributed by atoms with Gasteiger partial charge < -0.3 is 15.7 Å². The normalized spacial score (nSPS) is 12.1. The fourth-order valence-corrected chi connectivity index (χ4v) is 1.59. The number of carboxylic acids is 1. The third-order valence-corrected chi connectivity index (χ3v) is 3.44. The van der Waals surface area contributed by atoms with Gasteiger partial charge in [0.25, 0.3) is 0 Å². The van der Waals surface area contributed by atoms with Gasteiger partial charge in [0.1, 0.15) is 0 Å². The number of urea groups is 1. The van der Waals surface area contributed by atoms with Crippen LogP contribution in [0.2, 0.25) is 0 Å². The Morgan fingerprint density at radius 2 is 1.90 bits per heavy atom. The van der Waals surface area contributed by atoms with Crippen LogP contribution in [0.1, 0.15) is 36.7 Å². The predicted molar refractivity (Wildman–Crippen MR) is 79.2 cm³/mol. The average molecular weight is 278 g/mol. The van der Waals surface area contributed by atoms with Gasteiger partial charge in [-0.25, -0.2) is 9.59 Å². The largest absolute Gasteiger partial charge is 0.478 e. The summed E-state index contributed by atoms with van der Waals surface area (Å²) >= 11 is 0. The first-order valence-corrected chi connectivity index (χ1v) is 6.70. The van der Waals surface area contributed by atoms with Crippen molar-refractivity contribution in [2.45, 2.75) is 27.7 Å². The van der Waals surface area contributed by atoms with Crippen LogP contribution in [0.15, 0.2) is 18.2 Å². The number of benzene rings is 1. The number of anilines is 1. The van der Waals surface area contributed by atoms with Crippen LogP contribution in [-0.4, -0.2) is 23.7 Å². The van der Waals surface area contributed by atoms with Gasteiger partial charge in [-0.3, -0.25) is 0 Å². The van der Waals surface area contributed by atoms with Crippen molar-refractivity contribution in [2.24, 2.45) is 11.8 Å². The molecular weight excluding hydrogens is 256 g/mol. The second-order valence-corrected chi connectivity index (χ2v) is 5.39. The standard InChI is InChI=1S/C15H22N2O3/c1-9(2)11(4)8-16-15(20)17-13-6-5-12(14(18)19)7-10(13)3/h5-7,9,11H,8H2,1-4H3,(H,18,19)(H2,16,17,20). The number of aryl methyl sites for hydroxylation is 1. The number of carbonyl (C=O) groups is 2. The zero-order valence-corrected chi connectivity index (χ0v) is 12.4. The Kier molecular flexibility index (Phi) is 5.55. The molecule has 0 aliphatic heterocycles. The second-order valence-electron chi connectivity index (χ2n) is 5.39. The molecule has 0 fully saturated rings. The molecule has 5 nitrogen and oxygen atoms in total. The van der Waals surface area contributed by atoms with Gasteiger partial charge in [0.15, 0.2) is 0 Å². The zero-order valence-electron chi connectivity index (χ0n) is 12.4. The summed E-state index contributed by atoms with van der Waals surface area (Å²) in [6, 6.07) is 4.34. The molecule has 0 bridgehead atoms. The number of aromatic carboxylic acids is 1. The third kappa shape index (κ3) is 4.57. The van der Waals surface area contributed by atoms with Gasteiger partial charge in [0.05, 0.1) is 5.56 Å². The van der Waals surface area contributed by atoms with E-state index < -0.39 is 5.97 Å². The minimum atomic E-state index is -0.977. The minimum absolute atomic E-state index is 0.210. The van der Waals surface area contributed by atoms with Crippen molar-refractivity contribution in [1.82, 2.24) is 5.32 Å². The number of nitrogens with one attached hydrogen (secondary N) is 2. The Bertz CT molecular complexity index is 498. The molecule has 0 saturated carbocycles. The summed E-state index contributed by atoms with van der Waals surface area (Å²) in [5, 5.41) is 14.4. The number of hydrogen-bond acceptors (Lipinski definition) is 2. The molecule has 0 aromatic heterocycles. The van der Waals surface area contributed by atoms with E-state index in [0.717, 1.165) is 5.56 Å². The molecule has 5 heteroatoms. The van der Waals surface area contributed by atoms with Crippen molar-refractivity contribution in [1.29, 1.82) is 0 Å². The van der Waals surface area contributed by atoms with Crippen LogP contribution in [0.4, 0.5) is 10.5 Å². The van der Waals surface area contributed by atoms with E-state index >= 15 is 0 Å². The Morgan fingerprint density at radius 3 is 2.40 bits per heavy atom. The number of carboxylic acid groups (broad SMARTS) is 1. The van der Waals surface area contributed by atoms with E-state index in [4.69, 9.17) is 5.11 Å². The van der Waals surface area contributed by atoms with Crippen LogP contribution in [-0.2, 0) is 0 Å². The molecule has 0 radical (unpaired) electrons. The first-order chi connectivity index (χ1) is 9.31. The van der Waals surface area contributed by atoms with Crippen LogP contribution in [0.5, 0.6) is 0 Å². The molecule has 0 aliphatic carbocycles.